The molecule has 1 saturated carbocycles. The standard InChI is InChI=1S/C25H26N8O3/c1-15-22(36-14-16-6-7-17(16)24(34)35)9-8-20(29-15)23-21(33(2)32-31-23)13-28-25-27-12-10-19(30-25)18-5-3-4-11-26-18/h3-5,8-12,16-17H,6-7,13-14H2,1-2H3,(H,34,35)(H,27,28,30)/t16-,17+/m0/s1. The van der Waals surface area contributed by atoms with E-state index in [2.05, 4.69) is 35.6 Å². The summed E-state index contributed by atoms with van der Waals surface area (Å²) in [4.78, 5) is 29.1. The highest BCUT2D eigenvalue weighted by Crippen LogP contribution is 2.35. The Morgan fingerprint density at radius 2 is 1.97 bits per heavy atom. The van der Waals surface area contributed by atoms with Crippen molar-refractivity contribution in [1.29, 1.82) is 0 Å². The van der Waals surface area contributed by atoms with Crippen LogP contribution in [0.1, 0.15) is 24.2 Å². The van der Waals surface area contributed by atoms with Crippen molar-refractivity contribution in [3.05, 3.63) is 60.2 Å². The molecule has 0 aromatic carbocycles. The van der Waals surface area contributed by atoms with Crippen LogP contribution in [-0.2, 0) is 18.4 Å². The maximum atomic E-state index is 11.2. The molecule has 1 aliphatic carbocycles. The number of anilines is 1. The lowest BCUT2D eigenvalue weighted by Crippen LogP contribution is -2.36. The van der Waals surface area contributed by atoms with Gasteiger partial charge in [-0.25, -0.2) is 19.6 Å². The molecule has 0 unspecified atom stereocenters. The van der Waals surface area contributed by atoms with Crippen LogP contribution in [0.4, 0.5) is 5.95 Å². The highest BCUT2D eigenvalue weighted by Gasteiger charge is 2.37. The van der Waals surface area contributed by atoms with Crippen LogP contribution in [0.2, 0.25) is 0 Å². The van der Waals surface area contributed by atoms with Crippen LogP contribution < -0.4 is 10.1 Å². The van der Waals surface area contributed by atoms with E-state index in [0.29, 0.717) is 48.4 Å². The van der Waals surface area contributed by atoms with Gasteiger partial charge in [0.15, 0.2) is 0 Å². The number of hydrogen-bond acceptors (Lipinski definition) is 9. The lowest BCUT2D eigenvalue weighted by molar-refractivity contribution is -0.148. The Balaban J connectivity index is 1.28. The van der Waals surface area contributed by atoms with Gasteiger partial charge in [-0.2, -0.15) is 0 Å². The maximum absolute atomic E-state index is 11.2. The Morgan fingerprint density at radius 3 is 2.69 bits per heavy atom. The fourth-order valence-electron chi connectivity index (χ4n) is 4.16. The van der Waals surface area contributed by atoms with Crippen molar-refractivity contribution < 1.29 is 14.6 Å². The second-order valence-corrected chi connectivity index (χ2v) is 8.72. The van der Waals surface area contributed by atoms with Gasteiger partial charge in [-0.1, -0.05) is 11.3 Å². The molecule has 1 fully saturated rings. The van der Waals surface area contributed by atoms with E-state index in [-0.39, 0.29) is 11.8 Å². The zero-order chi connectivity index (χ0) is 25.1. The predicted molar refractivity (Wildman–Crippen MR) is 131 cm³/mol. The van der Waals surface area contributed by atoms with Gasteiger partial charge in [0.2, 0.25) is 5.95 Å². The number of pyridine rings is 2. The molecule has 11 nitrogen and oxygen atoms in total. The lowest BCUT2D eigenvalue weighted by Gasteiger charge is -2.33. The average molecular weight is 487 g/mol. The van der Waals surface area contributed by atoms with Crippen LogP contribution in [-0.4, -0.2) is 52.6 Å². The third-order valence-electron chi connectivity index (χ3n) is 6.41. The van der Waals surface area contributed by atoms with Gasteiger partial charge in [-0.05, 0) is 50.1 Å². The molecule has 36 heavy (non-hydrogen) atoms. The van der Waals surface area contributed by atoms with E-state index in [0.717, 1.165) is 23.5 Å². The fraction of sp³-hybridized carbons (Fsp3) is 0.320. The van der Waals surface area contributed by atoms with Crippen molar-refractivity contribution in [1.82, 2.24) is 34.9 Å². The number of carboxylic acids is 1. The third kappa shape index (κ3) is 4.85. The second-order valence-electron chi connectivity index (χ2n) is 8.72. The molecule has 0 radical (unpaired) electrons. The summed E-state index contributed by atoms with van der Waals surface area (Å²) in [5, 5.41) is 21.0. The van der Waals surface area contributed by atoms with Gasteiger partial charge in [0.1, 0.15) is 11.4 Å². The van der Waals surface area contributed by atoms with Crippen LogP contribution in [0.25, 0.3) is 22.8 Å². The molecule has 2 N–H and O–H groups in total. The van der Waals surface area contributed by atoms with Crippen molar-refractivity contribution in [2.24, 2.45) is 18.9 Å². The summed E-state index contributed by atoms with van der Waals surface area (Å²) in [6.45, 7) is 2.62. The van der Waals surface area contributed by atoms with Crippen LogP contribution >= 0.6 is 0 Å². The number of hydrogen-bond donors (Lipinski definition) is 2. The molecule has 0 bridgehead atoms. The summed E-state index contributed by atoms with van der Waals surface area (Å²) in [6.07, 6.45) is 4.99. The number of nitrogens with one attached hydrogen (secondary N) is 1. The number of ether oxygens (including phenoxy) is 1. The number of carbonyl (C=O) groups is 1. The molecule has 5 rings (SSSR count). The Labute approximate surface area is 207 Å². The minimum atomic E-state index is -0.752. The van der Waals surface area contributed by atoms with E-state index in [9.17, 15) is 9.90 Å². The Bertz CT molecular complexity index is 1370. The Hall–Kier alpha value is -4.41. The van der Waals surface area contributed by atoms with Crippen LogP contribution in [0.15, 0.2) is 48.8 Å². The van der Waals surface area contributed by atoms with Crippen molar-refractivity contribution >= 4 is 11.9 Å². The highest BCUT2D eigenvalue weighted by molar-refractivity contribution is 5.71. The minimum Gasteiger partial charge on any atom is -0.491 e. The summed E-state index contributed by atoms with van der Waals surface area (Å²) in [7, 11) is 1.82. The van der Waals surface area contributed by atoms with Gasteiger partial charge in [-0.15, -0.1) is 5.10 Å². The molecule has 1 aliphatic rings. The maximum Gasteiger partial charge on any atom is 0.306 e. The summed E-state index contributed by atoms with van der Waals surface area (Å²) < 4.78 is 7.59. The Kier molecular flexibility index (Phi) is 6.52. The minimum absolute atomic E-state index is 0.0395. The monoisotopic (exact) mass is 486 g/mol. The smallest absolute Gasteiger partial charge is 0.306 e. The first-order valence-corrected chi connectivity index (χ1v) is 11.7. The first-order valence-electron chi connectivity index (χ1n) is 11.7. The summed E-state index contributed by atoms with van der Waals surface area (Å²) in [5.41, 5.74) is 4.32. The van der Waals surface area contributed by atoms with E-state index < -0.39 is 5.97 Å². The van der Waals surface area contributed by atoms with Gasteiger partial charge in [0.25, 0.3) is 0 Å². The van der Waals surface area contributed by atoms with Crippen molar-refractivity contribution in [3.8, 4) is 28.5 Å². The topological polar surface area (TPSA) is 141 Å². The van der Waals surface area contributed by atoms with Crippen molar-refractivity contribution in [3.63, 3.8) is 0 Å². The first kappa shape index (κ1) is 23.3. The van der Waals surface area contributed by atoms with Gasteiger partial charge < -0.3 is 15.2 Å². The third-order valence-corrected chi connectivity index (χ3v) is 6.41. The van der Waals surface area contributed by atoms with E-state index in [4.69, 9.17) is 4.74 Å². The first-order chi connectivity index (χ1) is 17.5. The Morgan fingerprint density at radius 1 is 1.08 bits per heavy atom. The zero-order valence-corrected chi connectivity index (χ0v) is 20.0. The molecule has 4 aromatic rings. The second kappa shape index (κ2) is 10.1. The van der Waals surface area contributed by atoms with E-state index in [1.54, 1.807) is 17.1 Å². The highest BCUT2D eigenvalue weighted by atomic mass is 16.5. The van der Waals surface area contributed by atoms with Crippen molar-refractivity contribution in [2.45, 2.75) is 26.3 Å². The molecule has 0 saturated heterocycles. The summed E-state index contributed by atoms with van der Waals surface area (Å²) in [5.74, 6) is 0.0723. The molecule has 0 amide bonds. The van der Waals surface area contributed by atoms with Gasteiger partial charge >= 0.3 is 5.97 Å². The number of carboxylic acid groups (broad SMARTS) is 1. The number of rotatable bonds is 9. The molecular formula is C25H26N8O3. The van der Waals surface area contributed by atoms with Gasteiger partial charge in [-0.3, -0.25) is 9.78 Å². The SMILES string of the molecule is Cc1nc(-c2nnn(C)c2CNc2nccc(-c3ccccn3)n2)ccc1OC[C@@H]1CC[C@H]1C(=O)O. The number of aromatic nitrogens is 7. The molecule has 184 valence electrons. The van der Waals surface area contributed by atoms with Crippen LogP contribution in [0.3, 0.4) is 0 Å². The normalized spacial score (nSPS) is 16.8. The molecule has 0 aliphatic heterocycles. The van der Waals surface area contributed by atoms with Crippen molar-refractivity contribution in [2.75, 3.05) is 11.9 Å². The molecule has 11 heteroatoms. The molecule has 0 spiro atoms. The van der Waals surface area contributed by atoms with Crippen LogP contribution in [0, 0.1) is 18.8 Å². The summed E-state index contributed by atoms with van der Waals surface area (Å²) in [6, 6.07) is 11.2. The molecular weight excluding hydrogens is 460 g/mol. The van der Waals surface area contributed by atoms with E-state index in [1.165, 1.54) is 0 Å². The average Bonchev–Trinajstić information content (AvgIpc) is 3.23. The van der Waals surface area contributed by atoms with E-state index >= 15 is 0 Å². The van der Waals surface area contributed by atoms with E-state index in [1.807, 2.05) is 50.4 Å². The predicted octanol–water partition coefficient (Wildman–Crippen LogP) is 3.14. The fourth-order valence-corrected chi connectivity index (χ4v) is 4.16. The zero-order valence-electron chi connectivity index (χ0n) is 20.0. The molecule has 4 heterocycles. The lowest BCUT2D eigenvalue weighted by atomic mass is 9.74. The van der Waals surface area contributed by atoms with Gasteiger partial charge in [0, 0.05) is 25.4 Å². The number of aryl methyl sites for hydroxylation is 2. The van der Waals surface area contributed by atoms with Gasteiger partial charge in [0.05, 0.1) is 47.5 Å². The molecule has 2 atom stereocenters. The van der Waals surface area contributed by atoms with Crippen LogP contribution in [0.5, 0.6) is 5.75 Å². The summed E-state index contributed by atoms with van der Waals surface area (Å²) >= 11 is 0. The number of nitrogens with zero attached hydrogens (tertiary/aromatic N) is 7. The number of aliphatic carboxylic acids is 1. The molecule has 4 aromatic heterocycles. The largest absolute Gasteiger partial charge is 0.491 e. The quantitative estimate of drug-likeness (QED) is 0.362.